The SMILES string of the molecule is COc1ccc2nc(C)c(C#N)c(-c3cccc(Cl)c3)c2c1. The molecule has 0 bridgehead atoms. The van der Waals surface area contributed by atoms with Crippen LogP contribution < -0.4 is 4.74 Å². The zero-order valence-electron chi connectivity index (χ0n) is 12.2. The summed E-state index contributed by atoms with van der Waals surface area (Å²) in [6.45, 7) is 1.84. The molecule has 0 fully saturated rings. The molecule has 22 heavy (non-hydrogen) atoms. The number of aromatic nitrogens is 1. The summed E-state index contributed by atoms with van der Waals surface area (Å²) in [6.07, 6.45) is 0. The second kappa shape index (κ2) is 5.67. The van der Waals surface area contributed by atoms with Crippen molar-refractivity contribution in [2.24, 2.45) is 0 Å². The highest BCUT2D eigenvalue weighted by molar-refractivity contribution is 6.31. The normalized spacial score (nSPS) is 10.5. The Kier molecular flexibility index (Phi) is 3.70. The lowest BCUT2D eigenvalue weighted by Crippen LogP contribution is -1.96. The van der Waals surface area contributed by atoms with Crippen molar-refractivity contribution in [3.63, 3.8) is 0 Å². The van der Waals surface area contributed by atoms with Gasteiger partial charge in [0.25, 0.3) is 0 Å². The Morgan fingerprint density at radius 2 is 2.00 bits per heavy atom. The molecule has 0 unspecified atom stereocenters. The Hall–Kier alpha value is -2.57. The van der Waals surface area contributed by atoms with E-state index in [9.17, 15) is 5.26 Å². The number of nitriles is 1. The van der Waals surface area contributed by atoms with Crippen LogP contribution in [0.3, 0.4) is 0 Å². The minimum absolute atomic E-state index is 0.558. The molecule has 4 heteroatoms. The van der Waals surface area contributed by atoms with Gasteiger partial charge in [0.2, 0.25) is 0 Å². The molecular formula is C18H13ClN2O. The molecule has 0 saturated carbocycles. The molecule has 0 saturated heterocycles. The van der Waals surface area contributed by atoms with Crippen molar-refractivity contribution in [3.05, 3.63) is 58.7 Å². The van der Waals surface area contributed by atoms with Gasteiger partial charge < -0.3 is 4.74 Å². The Labute approximate surface area is 133 Å². The second-order valence-electron chi connectivity index (χ2n) is 4.95. The molecule has 2 aromatic carbocycles. The fourth-order valence-electron chi connectivity index (χ4n) is 2.57. The number of hydrogen-bond donors (Lipinski definition) is 0. The van der Waals surface area contributed by atoms with Crippen molar-refractivity contribution in [1.29, 1.82) is 5.26 Å². The molecule has 0 atom stereocenters. The highest BCUT2D eigenvalue weighted by atomic mass is 35.5. The van der Waals surface area contributed by atoms with E-state index in [1.807, 2.05) is 49.4 Å². The first-order valence-electron chi connectivity index (χ1n) is 6.78. The third-order valence-corrected chi connectivity index (χ3v) is 3.83. The van der Waals surface area contributed by atoms with Crippen LogP contribution in [0.4, 0.5) is 0 Å². The van der Waals surface area contributed by atoms with Gasteiger partial charge in [0.05, 0.1) is 23.9 Å². The standard InChI is InChI=1S/C18H13ClN2O/c1-11-16(10-20)18(12-4-3-5-13(19)8-12)15-9-14(22-2)6-7-17(15)21-11/h3-9H,1-2H3. The van der Waals surface area contributed by atoms with E-state index >= 15 is 0 Å². The summed E-state index contributed by atoms with van der Waals surface area (Å²) < 4.78 is 5.30. The summed E-state index contributed by atoms with van der Waals surface area (Å²) in [4.78, 5) is 4.52. The number of nitrogens with zero attached hydrogens (tertiary/aromatic N) is 2. The van der Waals surface area contributed by atoms with Crippen molar-refractivity contribution in [2.75, 3.05) is 7.11 Å². The van der Waals surface area contributed by atoms with Crippen LogP contribution in [-0.4, -0.2) is 12.1 Å². The van der Waals surface area contributed by atoms with E-state index in [0.29, 0.717) is 16.3 Å². The number of pyridine rings is 1. The van der Waals surface area contributed by atoms with Crippen LogP contribution in [0, 0.1) is 18.3 Å². The number of benzene rings is 2. The first-order chi connectivity index (χ1) is 10.6. The zero-order valence-corrected chi connectivity index (χ0v) is 13.0. The summed E-state index contributed by atoms with van der Waals surface area (Å²) in [7, 11) is 1.62. The van der Waals surface area contributed by atoms with E-state index in [-0.39, 0.29) is 0 Å². The van der Waals surface area contributed by atoms with Crippen LogP contribution in [0.25, 0.3) is 22.0 Å². The third-order valence-electron chi connectivity index (χ3n) is 3.60. The monoisotopic (exact) mass is 308 g/mol. The van der Waals surface area contributed by atoms with E-state index in [2.05, 4.69) is 11.1 Å². The molecule has 1 aromatic heterocycles. The highest BCUT2D eigenvalue weighted by Crippen LogP contribution is 2.35. The van der Waals surface area contributed by atoms with Crippen molar-refractivity contribution >= 4 is 22.5 Å². The molecule has 3 rings (SSSR count). The van der Waals surface area contributed by atoms with Gasteiger partial charge in [-0.05, 0) is 42.8 Å². The molecule has 108 valence electrons. The van der Waals surface area contributed by atoms with Gasteiger partial charge >= 0.3 is 0 Å². The molecule has 0 N–H and O–H groups in total. The predicted molar refractivity (Wildman–Crippen MR) is 88.2 cm³/mol. The summed E-state index contributed by atoms with van der Waals surface area (Å²) in [6, 6.07) is 15.4. The molecule has 0 radical (unpaired) electrons. The molecule has 1 heterocycles. The van der Waals surface area contributed by atoms with Gasteiger partial charge in [-0.1, -0.05) is 23.7 Å². The van der Waals surface area contributed by atoms with Gasteiger partial charge in [0.15, 0.2) is 0 Å². The summed E-state index contributed by atoms with van der Waals surface area (Å²) in [5, 5.41) is 11.1. The molecule has 0 aliphatic carbocycles. The largest absolute Gasteiger partial charge is 0.497 e. The molecular weight excluding hydrogens is 296 g/mol. The van der Waals surface area contributed by atoms with E-state index in [1.54, 1.807) is 7.11 Å². The quantitative estimate of drug-likeness (QED) is 0.686. The van der Waals surface area contributed by atoms with Crippen LogP contribution in [0.5, 0.6) is 5.75 Å². The average Bonchev–Trinajstić information content (AvgIpc) is 2.53. The minimum atomic E-state index is 0.558. The maximum absolute atomic E-state index is 9.56. The maximum Gasteiger partial charge on any atom is 0.119 e. The minimum Gasteiger partial charge on any atom is -0.497 e. The molecule has 0 aliphatic heterocycles. The summed E-state index contributed by atoms with van der Waals surface area (Å²) >= 11 is 6.12. The van der Waals surface area contributed by atoms with Crippen LogP contribution in [-0.2, 0) is 0 Å². The Balaban J connectivity index is 2.45. The lowest BCUT2D eigenvalue weighted by molar-refractivity contribution is 0.415. The van der Waals surface area contributed by atoms with Crippen LogP contribution >= 0.6 is 11.6 Å². The first kappa shape index (κ1) is 14.4. The number of ether oxygens (including phenoxy) is 1. The van der Waals surface area contributed by atoms with E-state index in [4.69, 9.17) is 16.3 Å². The highest BCUT2D eigenvalue weighted by Gasteiger charge is 2.15. The number of halogens is 1. The third kappa shape index (κ3) is 2.38. The number of hydrogen-bond acceptors (Lipinski definition) is 3. The van der Waals surface area contributed by atoms with Crippen molar-refractivity contribution in [3.8, 4) is 22.9 Å². The lowest BCUT2D eigenvalue weighted by atomic mass is 9.95. The lowest BCUT2D eigenvalue weighted by Gasteiger charge is -2.12. The molecule has 3 aromatic rings. The zero-order chi connectivity index (χ0) is 15.7. The number of fused-ring (bicyclic) bond motifs is 1. The van der Waals surface area contributed by atoms with Crippen molar-refractivity contribution < 1.29 is 4.74 Å². The topological polar surface area (TPSA) is 45.9 Å². The second-order valence-corrected chi connectivity index (χ2v) is 5.39. The van der Waals surface area contributed by atoms with E-state index in [1.165, 1.54) is 0 Å². The molecule has 0 aliphatic rings. The van der Waals surface area contributed by atoms with E-state index in [0.717, 1.165) is 27.8 Å². The van der Waals surface area contributed by atoms with Gasteiger partial charge in [-0.3, -0.25) is 4.98 Å². The van der Waals surface area contributed by atoms with Crippen molar-refractivity contribution in [1.82, 2.24) is 4.98 Å². The smallest absolute Gasteiger partial charge is 0.119 e. The fraction of sp³-hybridized carbons (Fsp3) is 0.111. The number of methoxy groups -OCH3 is 1. The van der Waals surface area contributed by atoms with Crippen LogP contribution in [0.2, 0.25) is 5.02 Å². The molecule has 0 spiro atoms. The fourth-order valence-corrected chi connectivity index (χ4v) is 2.76. The Morgan fingerprint density at radius 1 is 1.18 bits per heavy atom. The van der Waals surface area contributed by atoms with E-state index < -0.39 is 0 Å². The summed E-state index contributed by atoms with van der Waals surface area (Å²) in [5.41, 5.74) is 3.82. The van der Waals surface area contributed by atoms with Gasteiger partial charge in [0, 0.05) is 16.0 Å². The Morgan fingerprint density at radius 3 is 2.68 bits per heavy atom. The first-order valence-corrected chi connectivity index (χ1v) is 7.16. The van der Waals surface area contributed by atoms with Gasteiger partial charge in [-0.15, -0.1) is 0 Å². The van der Waals surface area contributed by atoms with Crippen LogP contribution in [0.15, 0.2) is 42.5 Å². The number of rotatable bonds is 2. The van der Waals surface area contributed by atoms with Gasteiger partial charge in [-0.2, -0.15) is 5.26 Å². The molecule has 3 nitrogen and oxygen atoms in total. The van der Waals surface area contributed by atoms with Gasteiger partial charge in [0.1, 0.15) is 11.8 Å². The van der Waals surface area contributed by atoms with Gasteiger partial charge in [-0.25, -0.2) is 0 Å². The predicted octanol–water partition coefficient (Wildman–Crippen LogP) is 4.74. The average molecular weight is 309 g/mol. The number of aryl methyl sites for hydroxylation is 1. The maximum atomic E-state index is 9.56. The van der Waals surface area contributed by atoms with Crippen molar-refractivity contribution in [2.45, 2.75) is 6.92 Å². The molecule has 0 amide bonds. The van der Waals surface area contributed by atoms with Crippen LogP contribution in [0.1, 0.15) is 11.3 Å². The summed E-state index contributed by atoms with van der Waals surface area (Å²) in [5.74, 6) is 0.727. The Bertz CT molecular complexity index is 913.